The first-order valence-electron chi connectivity index (χ1n) is 7.83. The molecule has 0 aliphatic carbocycles. The number of nitrogens with one attached hydrogen (secondary N) is 2. The molecule has 0 unspecified atom stereocenters. The maximum atomic E-state index is 12.3. The molecule has 1 aromatic rings. The van der Waals surface area contributed by atoms with Crippen molar-refractivity contribution in [2.45, 2.75) is 65.6 Å². The van der Waals surface area contributed by atoms with Gasteiger partial charge < -0.3 is 15.0 Å². The van der Waals surface area contributed by atoms with Gasteiger partial charge in [-0.15, -0.1) is 0 Å². The van der Waals surface area contributed by atoms with E-state index in [1.165, 1.54) is 0 Å². The molecule has 2 heterocycles. The molecule has 2 N–H and O–H groups in total. The van der Waals surface area contributed by atoms with E-state index in [-0.39, 0.29) is 17.5 Å². The summed E-state index contributed by atoms with van der Waals surface area (Å²) in [6, 6.07) is 0. The Morgan fingerprint density at radius 3 is 2.43 bits per heavy atom. The lowest BCUT2D eigenvalue weighted by atomic mass is 10.0. The fourth-order valence-electron chi connectivity index (χ4n) is 2.39. The Morgan fingerprint density at radius 1 is 1.22 bits per heavy atom. The van der Waals surface area contributed by atoms with E-state index in [1.807, 2.05) is 41.5 Å². The molecule has 1 aliphatic heterocycles. The highest BCUT2D eigenvalue weighted by Gasteiger charge is 2.30. The summed E-state index contributed by atoms with van der Waals surface area (Å²) in [5, 5.41) is 9.92. The Balaban J connectivity index is 2.10. The molecule has 7 nitrogen and oxygen atoms in total. The summed E-state index contributed by atoms with van der Waals surface area (Å²) in [7, 11) is 0. The maximum absolute atomic E-state index is 12.3. The van der Waals surface area contributed by atoms with Crippen LogP contribution in [0.15, 0.2) is 0 Å². The minimum absolute atomic E-state index is 0.194. The van der Waals surface area contributed by atoms with Gasteiger partial charge in [-0.3, -0.25) is 9.89 Å². The third-order valence-electron chi connectivity index (χ3n) is 3.29. The van der Waals surface area contributed by atoms with Crippen molar-refractivity contribution in [3.8, 4) is 0 Å². The van der Waals surface area contributed by atoms with E-state index in [9.17, 15) is 9.59 Å². The van der Waals surface area contributed by atoms with Gasteiger partial charge in [0, 0.05) is 17.6 Å². The lowest BCUT2D eigenvalue weighted by Gasteiger charge is -2.30. The molecule has 1 aliphatic rings. The lowest BCUT2D eigenvalue weighted by Crippen LogP contribution is -2.42. The first kappa shape index (κ1) is 17.3. The average molecular weight is 322 g/mol. The molecule has 0 aromatic carbocycles. The van der Waals surface area contributed by atoms with Crippen LogP contribution in [-0.4, -0.2) is 44.8 Å². The monoisotopic (exact) mass is 322 g/mol. The molecule has 0 spiro atoms. The fourth-order valence-corrected chi connectivity index (χ4v) is 2.39. The molecule has 0 saturated heterocycles. The zero-order chi connectivity index (χ0) is 17.4. The van der Waals surface area contributed by atoms with Crippen LogP contribution in [0.5, 0.6) is 0 Å². The normalized spacial score (nSPS) is 15.1. The van der Waals surface area contributed by atoms with Crippen LogP contribution in [0.4, 0.5) is 4.79 Å². The van der Waals surface area contributed by atoms with E-state index in [0.29, 0.717) is 25.2 Å². The molecule has 0 fully saturated rings. The van der Waals surface area contributed by atoms with E-state index in [0.717, 1.165) is 11.3 Å². The van der Waals surface area contributed by atoms with E-state index >= 15 is 0 Å². The van der Waals surface area contributed by atoms with Gasteiger partial charge in [0.1, 0.15) is 5.60 Å². The van der Waals surface area contributed by atoms with E-state index in [2.05, 4.69) is 15.5 Å². The summed E-state index contributed by atoms with van der Waals surface area (Å²) in [5.74, 6) is -0.194. The molecule has 7 heteroatoms. The van der Waals surface area contributed by atoms with Crippen molar-refractivity contribution < 1.29 is 14.3 Å². The molecule has 2 amide bonds. The van der Waals surface area contributed by atoms with E-state index < -0.39 is 5.60 Å². The highest BCUT2D eigenvalue weighted by Crippen LogP contribution is 2.22. The number of carbonyl (C=O) groups excluding carboxylic acids is 2. The fraction of sp³-hybridized carbons (Fsp3) is 0.688. The van der Waals surface area contributed by atoms with Crippen molar-refractivity contribution in [1.82, 2.24) is 20.4 Å². The van der Waals surface area contributed by atoms with Gasteiger partial charge in [0.05, 0.1) is 12.2 Å². The Kier molecular flexibility index (Phi) is 4.41. The summed E-state index contributed by atoms with van der Waals surface area (Å²) in [6.45, 7) is 12.2. The summed E-state index contributed by atoms with van der Waals surface area (Å²) in [6.07, 6.45) is 0.233. The van der Waals surface area contributed by atoms with Gasteiger partial charge in [-0.05, 0) is 48.0 Å². The minimum Gasteiger partial charge on any atom is -0.444 e. The van der Waals surface area contributed by atoms with Crippen LogP contribution < -0.4 is 5.32 Å². The summed E-state index contributed by atoms with van der Waals surface area (Å²) < 4.78 is 5.39. The number of ether oxygens (including phenoxy) is 1. The molecule has 0 bridgehead atoms. The van der Waals surface area contributed by atoms with Gasteiger partial charge >= 0.3 is 6.09 Å². The van der Waals surface area contributed by atoms with Crippen LogP contribution in [0, 0.1) is 0 Å². The molecule has 23 heavy (non-hydrogen) atoms. The molecule has 1 aromatic heterocycles. The molecule has 0 atom stereocenters. The Labute approximate surface area is 136 Å². The van der Waals surface area contributed by atoms with Gasteiger partial charge in [-0.1, -0.05) is 0 Å². The van der Waals surface area contributed by atoms with Crippen molar-refractivity contribution in [2.75, 3.05) is 6.54 Å². The number of amides is 2. The van der Waals surface area contributed by atoms with Crippen LogP contribution in [0.1, 0.15) is 63.3 Å². The molecule has 128 valence electrons. The van der Waals surface area contributed by atoms with Crippen LogP contribution in [0.25, 0.3) is 0 Å². The predicted octanol–water partition coefficient (Wildman–Crippen LogP) is 2.23. The lowest BCUT2D eigenvalue weighted by molar-refractivity contribution is 0.0221. The smallest absolute Gasteiger partial charge is 0.410 e. The van der Waals surface area contributed by atoms with Crippen molar-refractivity contribution in [1.29, 1.82) is 0 Å². The topological polar surface area (TPSA) is 87.3 Å². The molecular formula is C16H26N4O3. The number of nitrogens with zero attached hydrogens (tertiary/aromatic N) is 2. The summed E-state index contributed by atoms with van der Waals surface area (Å²) >= 11 is 0. The van der Waals surface area contributed by atoms with Gasteiger partial charge in [0.15, 0.2) is 5.69 Å². The van der Waals surface area contributed by atoms with Crippen molar-refractivity contribution in [3.63, 3.8) is 0 Å². The second-order valence-electron chi connectivity index (χ2n) is 7.89. The van der Waals surface area contributed by atoms with Gasteiger partial charge in [-0.2, -0.15) is 5.10 Å². The number of hydrogen-bond donors (Lipinski definition) is 2. The average Bonchev–Trinajstić information content (AvgIpc) is 2.77. The van der Waals surface area contributed by atoms with Crippen molar-refractivity contribution in [3.05, 3.63) is 17.0 Å². The number of H-pyrrole nitrogens is 1. The van der Waals surface area contributed by atoms with Gasteiger partial charge in [-0.25, -0.2) is 4.79 Å². The van der Waals surface area contributed by atoms with Crippen molar-refractivity contribution >= 4 is 12.0 Å². The van der Waals surface area contributed by atoms with Crippen LogP contribution in [-0.2, 0) is 17.7 Å². The van der Waals surface area contributed by atoms with E-state index in [4.69, 9.17) is 4.74 Å². The maximum Gasteiger partial charge on any atom is 0.410 e. The first-order chi connectivity index (χ1) is 10.5. The minimum atomic E-state index is -0.525. The Morgan fingerprint density at radius 2 is 1.87 bits per heavy atom. The zero-order valence-corrected chi connectivity index (χ0v) is 14.7. The Bertz CT molecular complexity index is 608. The predicted molar refractivity (Wildman–Crippen MR) is 86.2 cm³/mol. The largest absolute Gasteiger partial charge is 0.444 e. The summed E-state index contributed by atoms with van der Waals surface area (Å²) in [4.78, 5) is 26.1. The van der Waals surface area contributed by atoms with E-state index in [1.54, 1.807) is 4.90 Å². The summed E-state index contributed by atoms with van der Waals surface area (Å²) in [5.41, 5.74) is 1.25. The number of aromatic nitrogens is 2. The first-order valence-corrected chi connectivity index (χ1v) is 7.83. The molecule has 0 saturated carbocycles. The second-order valence-corrected chi connectivity index (χ2v) is 7.89. The van der Waals surface area contributed by atoms with Crippen LogP contribution >= 0.6 is 0 Å². The second kappa shape index (κ2) is 5.86. The number of fused-ring (bicyclic) bond motifs is 1. The molecular weight excluding hydrogens is 296 g/mol. The molecule has 0 radical (unpaired) electrons. The third-order valence-corrected chi connectivity index (χ3v) is 3.29. The van der Waals surface area contributed by atoms with Crippen LogP contribution in [0.3, 0.4) is 0 Å². The number of aromatic amines is 1. The zero-order valence-electron chi connectivity index (χ0n) is 14.7. The third kappa shape index (κ3) is 4.46. The number of hydrogen-bond acceptors (Lipinski definition) is 4. The molecule has 2 rings (SSSR count). The quantitative estimate of drug-likeness (QED) is 0.830. The number of rotatable bonds is 1. The highest BCUT2D eigenvalue weighted by atomic mass is 16.6. The standard InChI is InChI=1S/C16H26N4O3/c1-15(2,3)17-13(21)12-10-7-8-20(9-11(10)18-19-12)14(22)23-16(4,5)6/h7-9H2,1-6H3,(H,17,21)(H,18,19). The van der Waals surface area contributed by atoms with Crippen LogP contribution in [0.2, 0.25) is 0 Å². The highest BCUT2D eigenvalue weighted by molar-refractivity contribution is 5.94. The van der Waals surface area contributed by atoms with Crippen molar-refractivity contribution in [2.24, 2.45) is 0 Å². The SMILES string of the molecule is CC(C)(C)NC(=O)c1n[nH]c2c1CCN(C(=O)OC(C)(C)C)C2. The Hall–Kier alpha value is -2.05. The van der Waals surface area contributed by atoms with Gasteiger partial charge in [0.2, 0.25) is 0 Å². The van der Waals surface area contributed by atoms with Gasteiger partial charge in [0.25, 0.3) is 5.91 Å². The number of carbonyl (C=O) groups is 2.